The van der Waals surface area contributed by atoms with Gasteiger partial charge >= 0.3 is 0 Å². The van der Waals surface area contributed by atoms with Gasteiger partial charge in [-0.25, -0.2) is 4.39 Å². The van der Waals surface area contributed by atoms with E-state index in [1.807, 2.05) is 0 Å². The molecule has 1 heterocycles. The summed E-state index contributed by atoms with van der Waals surface area (Å²) in [6.45, 7) is 1.22. The van der Waals surface area contributed by atoms with Crippen LogP contribution < -0.4 is 0 Å². The molecule has 0 saturated carbocycles. The fourth-order valence-electron chi connectivity index (χ4n) is 1.80. The highest BCUT2D eigenvalue weighted by Gasteiger charge is 2.26. The van der Waals surface area contributed by atoms with Crippen molar-refractivity contribution < 1.29 is 14.2 Å². The van der Waals surface area contributed by atoms with Crippen LogP contribution in [0.3, 0.4) is 0 Å². The van der Waals surface area contributed by atoms with Crippen molar-refractivity contribution in [2.75, 3.05) is 13.2 Å². The molecule has 1 aromatic carbocycles. The van der Waals surface area contributed by atoms with Gasteiger partial charge in [0.05, 0.1) is 12.7 Å². The number of aliphatic hydroxyl groups is 1. The third kappa shape index (κ3) is 2.38. The van der Waals surface area contributed by atoms with E-state index >= 15 is 0 Å². The summed E-state index contributed by atoms with van der Waals surface area (Å²) in [5, 5.41) is 10.0. The Morgan fingerprint density at radius 3 is 3.00 bits per heavy atom. The van der Waals surface area contributed by atoms with Gasteiger partial charge in [0.2, 0.25) is 0 Å². The van der Waals surface area contributed by atoms with Crippen LogP contribution in [0.1, 0.15) is 18.1 Å². The van der Waals surface area contributed by atoms with Crippen LogP contribution in [-0.2, 0) is 4.74 Å². The van der Waals surface area contributed by atoms with E-state index in [0.717, 1.165) is 10.9 Å². The monoisotopic (exact) mass is 274 g/mol. The first-order valence-electron chi connectivity index (χ1n) is 4.89. The second kappa shape index (κ2) is 4.60. The van der Waals surface area contributed by atoms with Gasteiger partial charge in [-0.3, -0.25) is 0 Å². The van der Waals surface area contributed by atoms with Crippen LogP contribution in [0.25, 0.3) is 0 Å². The summed E-state index contributed by atoms with van der Waals surface area (Å²) in [5.41, 5.74) is 0.602. The van der Waals surface area contributed by atoms with E-state index in [9.17, 15) is 9.50 Å². The van der Waals surface area contributed by atoms with Crippen LogP contribution in [0.15, 0.2) is 22.7 Å². The van der Waals surface area contributed by atoms with Crippen molar-refractivity contribution in [2.24, 2.45) is 5.92 Å². The number of ether oxygens (including phenoxy) is 1. The molecule has 1 fully saturated rings. The summed E-state index contributed by atoms with van der Waals surface area (Å²) in [6, 6.07) is 4.35. The molecule has 1 aliphatic rings. The highest BCUT2D eigenvalue weighted by Crippen LogP contribution is 2.33. The average molecular weight is 275 g/mol. The number of aliphatic hydroxyl groups excluding tert-OH is 1. The molecule has 0 bridgehead atoms. The maximum atomic E-state index is 13.0. The molecular formula is C11H12BrFO2. The van der Waals surface area contributed by atoms with Gasteiger partial charge in [0.1, 0.15) is 5.82 Å². The minimum atomic E-state index is -0.655. The van der Waals surface area contributed by atoms with Crippen LogP contribution in [0.4, 0.5) is 4.39 Å². The number of hydrogen-bond donors (Lipinski definition) is 1. The van der Waals surface area contributed by atoms with Gasteiger partial charge in [-0.2, -0.15) is 0 Å². The standard InChI is InChI=1S/C11H12BrFO2/c12-10-2-1-8(13)5-9(10)11(14)7-3-4-15-6-7/h1-2,5,7,11,14H,3-4,6H2. The number of rotatable bonds is 2. The van der Waals surface area contributed by atoms with Crippen molar-refractivity contribution in [3.8, 4) is 0 Å². The van der Waals surface area contributed by atoms with Crippen LogP contribution >= 0.6 is 15.9 Å². The van der Waals surface area contributed by atoms with Gasteiger partial charge in [-0.1, -0.05) is 15.9 Å². The summed E-state index contributed by atoms with van der Waals surface area (Å²) >= 11 is 3.31. The summed E-state index contributed by atoms with van der Waals surface area (Å²) < 4.78 is 19.0. The molecule has 2 nitrogen and oxygen atoms in total. The molecule has 4 heteroatoms. The predicted molar refractivity (Wildman–Crippen MR) is 58.0 cm³/mol. The summed E-state index contributed by atoms with van der Waals surface area (Å²) in [6.07, 6.45) is 0.169. The van der Waals surface area contributed by atoms with E-state index in [0.29, 0.717) is 18.8 Å². The molecule has 2 atom stereocenters. The maximum Gasteiger partial charge on any atom is 0.123 e. The van der Waals surface area contributed by atoms with Crippen LogP contribution in [-0.4, -0.2) is 18.3 Å². The molecule has 1 aromatic rings. The van der Waals surface area contributed by atoms with Crippen molar-refractivity contribution in [1.29, 1.82) is 0 Å². The lowest BCUT2D eigenvalue weighted by molar-refractivity contribution is 0.0910. The second-order valence-electron chi connectivity index (χ2n) is 3.73. The largest absolute Gasteiger partial charge is 0.388 e. The van der Waals surface area contributed by atoms with Crippen molar-refractivity contribution >= 4 is 15.9 Å². The van der Waals surface area contributed by atoms with Crippen molar-refractivity contribution in [2.45, 2.75) is 12.5 Å². The first-order valence-corrected chi connectivity index (χ1v) is 5.68. The molecule has 0 aromatic heterocycles. The zero-order chi connectivity index (χ0) is 10.8. The quantitative estimate of drug-likeness (QED) is 0.899. The topological polar surface area (TPSA) is 29.5 Å². The lowest BCUT2D eigenvalue weighted by Crippen LogP contribution is -2.13. The van der Waals surface area contributed by atoms with Gasteiger partial charge in [-0.05, 0) is 30.2 Å². The second-order valence-corrected chi connectivity index (χ2v) is 4.59. The third-order valence-electron chi connectivity index (χ3n) is 2.69. The van der Waals surface area contributed by atoms with Crippen molar-refractivity contribution in [3.63, 3.8) is 0 Å². The van der Waals surface area contributed by atoms with Crippen LogP contribution in [0, 0.1) is 11.7 Å². The maximum absolute atomic E-state index is 13.0. The zero-order valence-electron chi connectivity index (χ0n) is 8.12. The Bertz CT molecular complexity index is 350. The van der Waals surface area contributed by atoms with Gasteiger partial charge in [0, 0.05) is 17.0 Å². The molecule has 0 radical (unpaired) electrons. The summed E-state index contributed by atoms with van der Waals surface area (Å²) in [5.74, 6) is -0.255. The Kier molecular flexibility index (Phi) is 3.38. The number of benzene rings is 1. The van der Waals surface area contributed by atoms with E-state index in [2.05, 4.69) is 15.9 Å². The SMILES string of the molecule is OC(c1cc(F)ccc1Br)C1CCOC1. The Labute approximate surface area is 96.2 Å². The van der Waals surface area contributed by atoms with Crippen molar-refractivity contribution in [3.05, 3.63) is 34.1 Å². The fourth-order valence-corrected chi connectivity index (χ4v) is 2.28. The molecule has 82 valence electrons. The molecule has 1 N–H and O–H groups in total. The molecule has 0 amide bonds. The minimum absolute atomic E-state index is 0.0723. The molecule has 0 aliphatic carbocycles. The molecule has 0 spiro atoms. The van der Waals surface area contributed by atoms with E-state index in [4.69, 9.17) is 4.74 Å². The van der Waals surface area contributed by atoms with Crippen molar-refractivity contribution in [1.82, 2.24) is 0 Å². The van der Waals surface area contributed by atoms with E-state index < -0.39 is 6.10 Å². The van der Waals surface area contributed by atoms with Gasteiger partial charge in [-0.15, -0.1) is 0 Å². The Balaban J connectivity index is 2.23. The summed E-state index contributed by atoms with van der Waals surface area (Å²) in [4.78, 5) is 0. The van der Waals surface area contributed by atoms with Gasteiger partial charge in [0.25, 0.3) is 0 Å². The highest BCUT2D eigenvalue weighted by molar-refractivity contribution is 9.10. The normalized spacial score (nSPS) is 23.0. The smallest absolute Gasteiger partial charge is 0.123 e. The summed E-state index contributed by atoms with van der Waals surface area (Å²) in [7, 11) is 0. The predicted octanol–water partition coefficient (Wildman–Crippen LogP) is 2.66. The lowest BCUT2D eigenvalue weighted by atomic mass is 9.95. The molecular weight excluding hydrogens is 263 g/mol. The Morgan fingerprint density at radius 1 is 1.53 bits per heavy atom. The Morgan fingerprint density at radius 2 is 2.33 bits per heavy atom. The molecule has 15 heavy (non-hydrogen) atoms. The number of halogens is 2. The number of hydrogen-bond acceptors (Lipinski definition) is 2. The average Bonchev–Trinajstić information content (AvgIpc) is 2.74. The molecule has 2 unspecified atom stereocenters. The van der Waals surface area contributed by atoms with Crippen LogP contribution in [0.5, 0.6) is 0 Å². The fraction of sp³-hybridized carbons (Fsp3) is 0.455. The molecule has 1 saturated heterocycles. The first kappa shape index (κ1) is 11.0. The van der Waals surface area contributed by atoms with E-state index in [1.54, 1.807) is 6.07 Å². The minimum Gasteiger partial charge on any atom is -0.388 e. The molecule has 2 rings (SSSR count). The Hall–Kier alpha value is -0.450. The van der Waals surface area contributed by atoms with Gasteiger partial charge < -0.3 is 9.84 Å². The molecule has 1 aliphatic heterocycles. The highest BCUT2D eigenvalue weighted by atomic mass is 79.9. The van der Waals surface area contributed by atoms with E-state index in [1.165, 1.54) is 12.1 Å². The van der Waals surface area contributed by atoms with Gasteiger partial charge in [0.15, 0.2) is 0 Å². The lowest BCUT2D eigenvalue weighted by Gasteiger charge is -2.18. The zero-order valence-corrected chi connectivity index (χ0v) is 9.71. The third-order valence-corrected chi connectivity index (χ3v) is 3.41. The first-order chi connectivity index (χ1) is 7.18. The van der Waals surface area contributed by atoms with E-state index in [-0.39, 0.29) is 11.7 Å². The van der Waals surface area contributed by atoms with Crippen LogP contribution in [0.2, 0.25) is 0 Å².